The minimum atomic E-state index is -4.57. The molecule has 1 aromatic rings. The molecule has 1 aromatic carbocycles. The van der Waals surface area contributed by atoms with E-state index >= 15 is 0 Å². The quantitative estimate of drug-likeness (QED) is 0.616. The number of carbonyl (C=O) groups excluding carboxylic acids is 2. The molecule has 1 N–H and O–H groups in total. The number of carbonyl (C=O) groups is 2. The molecular formula is C21H23ClF3N3O2S. The van der Waals surface area contributed by atoms with Crippen LogP contribution in [0.5, 0.6) is 0 Å². The van der Waals surface area contributed by atoms with Crippen molar-refractivity contribution in [2.45, 2.75) is 44.3 Å². The third-order valence-corrected chi connectivity index (χ3v) is 7.14. The number of thioether (sulfide) groups is 1. The van der Waals surface area contributed by atoms with Crippen LogP contribution >= 0.6 is 23.4 Å². The topological polar surface area (TPSA) is 52.7 Å². The Morgan fingerprint density at radius 2 is 1.74 bits per heavy atom. The van der Waals surface area contributed by atoms with E-state index in [-0.39, 0.29) is 15.5 Å². The summed E-state index contributed by atoms with van der Waals surface area (Å²) in [4.78, 5) is 28.0. The third kappa shape index (κ3) is 5.04. The minimum Gasteiger partial charge on any atom is -0.370 e. The summed E-state index contributed by atoms with van der Waals surface area (Å²) in [6.45, 7) is 3.54. The Hall–Kier alpha value is -1.71. The molecule has 0 aliphatic carbocycles. The number of halogens is 4. The first-order chi connectivity index (χ1) is 14.7. The van der Waals surface area contributed by atoms with E-state index in [0.717, 1.165) is 38.1 Å². The molecule has 0 atom stereocenters. The first-order valence-corrected chi connectivity index (χ1v) is 11.6. The Morgan fingerprint density at radius 1 is 1.06 bits per heavy atom. The van der Waals surface area contributed by atoms with Crippen molar-refractivity contribution in [3.8, 4) is 0 Å². The maximum Gasteiger partial charge on any atom is 0.416 e. The van der Waals surface area contributed by atoms with Crippen molar-refractivity contribution >= 4 is 46.3 Å². The standard InChI is InChI=1S/C21H23ClF3N3O2S/c22-16-12-14(21(23,24)25)10-13(11-17-19(29)26-20(30)31-17)18(16)28-8-4-15(5-9-28)27-6-2-1-3-7-27/h10-12,15H,1-9H2,(H,26,29,30)/b17-11-. The lowest BCUT2D eigenvalue weighted by molar-refractivity contribution is -0.137. The zero-order valence-electron chi connectivity index (χ0n) is 16.8. The highest BCUT2D eigenvalue weighted by Crippen LogP contribution is 2.41. The number of likely N-dealkylation sites (tertiary alicyclic amines) is 1. The molecule has 3 aliphatic rings. The van der Waals surface area contributed by atoms with Crippen LogP contribution in [0.1, 0.15) is 43.2 Å². The van der Waals surface area contributed by atoms with Gasteiger partial charge in [-0.2, -0.15) is 13.2 Å². The lowest BCUT2D eigenvalue weighted by Gasteiger charge is -2.41. The highest BCUT2D eigenvalue weighted by atomic mass is 35.5. The van der Waals surface area contributed by atoms with Crippen molar-refractivity contribution < 1.29 is 22.8 Å². The van der Waals surface area contributed by atoms with Gasteiger partial charge in [0.15, 0.2) is 0 Å². The average molecular weight is 474 g/mol. The molecule has 3 heterocycles. The molecule has 31 heavy (non-hydrogen) atoms. The number of rotatable bonds is 3. The van der Waals surface area contributed by atoms with Crippen LogP contribution in [0.25, 0.3) is 6.08 Å². The smallest absolute Gasteiger partial charge is 0.370 e. The molecule has 168 valence electrons. The summed E-state index contributed by atoms with van der Waals surface area (Å²) in [6.07, 6.45) is 2.25. The molecule has 3 fully saturated rings. The van der Waals surface area contributed by atoms with Crippen LogP contribution < -0.4 is 10.2 Å². The molecule has 0 aromatic heterocycles. The second-order valence-electron chi connectivity index (χ2n) is 8.06. The van der Waals surface area contributed by atoms with Crippen LogP contribution in [-0.2, 0) is 11.0 Å². The second kappa shape index (κ2) is 9.03. The Kier molecular flexibility index (Phi) is 6.55. The molecule has 0 unspecified atom stereocenters. The van der Waals surface area contributed by atoms with E-state index in [1.165, 1.54) is 25.3 Å². The summed E-state index contributed by atoms with van der Waals surface area (Å²) in [6, 6.07) is 2.41. The lowest BCUT2D eigenvalue weighted by Crippen LogP contribution is -2.47. The molecule has 0 bridgehead atoms. The number of nitrogens with zero attached hydrogens (tertiary/aromatic N) is 2. The fourth-order valence-electron chi connectivity index (χ4n) is 4.53. The fraction of sp³-hybridized carbons (Fsp3) is 0.524. The second-order valence-corrected chi connectivity index (χ2v) is 9.48. The zero-order chi connectivity index (χ0) is 22.2. The van der Waals surface area contributed by atoms with Crippen LogP contribution in [0.3, 0.4) is 0 Å². The number of hydrogen-bond acceptors (Lipinski definition) is 5. The molecule has 0 spiro atoms. The maximum absolute atomic E-state index is 13.4. The minimum absolute atomic E-state index is 0.00664. The molecule has 0 saturated carbocycles. The van der Waals surface area contributed by atoms with E-state index in [4.69, 9.17) is 11.6 Å². The van der Waals surface area contributed by atoms with Crippen LogP contribution in [0.15, 0.2) is 17.0 Å². The molecular weight excluding hydrogens is 451 g/mol. The van der Waals surface area contributed by atoms with E-state index in [1.54, 1.807) is 0 Å². The summed E-state index contributed by atoms with van der Waals surface area (Å²) in [5.74, 6) is -0.613. The highest BCUT2D eigenvalue weighted by Gasteiger charge is 2.34. The average Bonchev–Trinajstić information content (AvgIpc) is 3.04. The molecule has 3 aliphatic heterocycles. The van der Waals surface area contributed by atoms with Crippen molar-refractivity contribution in [3.63, 3.8) is 0 Å². The van der Waals surface area contributed by atoms with Gasteiger partial charge < -0.3 is 9.80 Å². The Bertz CT molecular complexity index is 908. The van der Waals surface area contributed by atoms with Gasteiger partial charge in [-0.05, 0) is 68.7 Å². The van der Waals surface area contributed by atoms with E-state index in [2.05, 4.69) is 10.2 Å². The monoisotopic (exact) mass is 473 g/mol. The number of amides is 2. The Morgan fingerprint density at radius 3 is 2.32 bits per heavy atom. The largest absolute Gasteiger partial charge is 0.416 e. The maximum atomic E-state index is 13.4. The molecule has 3 saturated heterocycles. The fourth-order valence-corrected chi connectivity index (χ4v) is 5.55. The summed E-state index contributed by atoms with van der Waals surface area (Å²) >= 11 is 7.03. The number of benzene rings is 1. The zero-order valence-corrected chi connectivity index (χ0v) is 18.4. The van der Waals surface area contributed by atoms with Gasteiger partial charge in [-0.15, -0.1) is 0 Å². The van der Waals surface area contributed by atoms with Crippen LogP contribution in [0, 0.1) is 0 Å². The molecule has 4 rings (SSSR count). The van der Waals surface area contributed by atoms with E-state index in [0.29, 0.717) is 36.6 Å². The SMILES string of the molecule is O=C1NC(=O)/C(=C/c2cc(C(F)(F)F)cc(Cl)c2N2CCC(N3CCCCC3)CC2)S1. The first-order valence-electron chi connectivity index (χ1n) is 10.4. The number of hydrogen-bond donors (Lipinski definition) is 1. The number of anilines is 1. The normalized spacial score (nSPS) is 23.0. The molecule has 5 nitrogen and oxygen atoms in total. The molecule has 0 radical (unpaired) electrons. The number of imide groups is 1. The van der Waals surface area contributed by atoms with Crippen LogP contribution in [0.4, 0.5) is 23.7 Å². The Labute approximate surface area is 188 Å². The van der Waals surface area contributed by atoms with Gasteiger partial charge in [0.2, 0.25) is 0 Å². The first kappa shape index (κ1) is 22.5. The van der Waals surface area contributed by atoms with Crippen molar-refractivity contribution in [2.24, 2.45) is 0 Å². The number of nitrogens with one attached hydrogen (secondary N) is 1. The van der Waals surface area contributed by atoms with Gasteiger partial charge >= 0.3 is 6.18 Å². The van der Waals surface area contributed by atoms with Crippen molar-refractivity contribution in [1.82, 2.24) is 10.2 Å². The summed E-state index contributed by atoms with van der Waals surface area (Å²) in [7, 11) is 0. The molecule has 2 amide bonds. The van der Waals surface area contributed by atoms with Gasteiger partial charge in [0.05, 0.1) is 21.2 Å². The summed E-state index contributed by atoms with van der Waals surface area (Å²) < 4.78 is 40.2. The summed E-state index contributed by atoms with van der Waals surface area (Å²) in [5.41, 5.74) is -0.207. The predicted molar refractivity (Wildman–Crippen MR) is 116 cm³/mol. The van der Waals surface area contributed by atoms with Gasteiger partial charge in [0.25, 0.3) is 11.1 Å². The predicted octanol–water partition coefficient (Wildman–Crippen LogP) is 5.14. The lowest BCUT2D eigenvalue weighted by atomic mass is 9.98. The van der Waals surface area contributed by atoms with Crippen molar-refractivity contribution in [1.29, 1.82) is 0 Å². The van der Waals surface area contributed by atoms with Gasteiger partial charge in [-0.3, -0.25) is 14.9 Å². The molecule has 10 heteroatoms. The van der Waals surface area contributed by atoms with Gasteiger partial charge in [-0.1, -0.05) is 18.0 Å². The summed E-state index contributed by atoms with van der Waals surface area (Å²) in [5, 5.41) is 1.58. The van der Waals surface area contributed by atoms with Crippen LogP contribution in [-0.4, -0.2) is 48.3 Å². The van der Waals surface area contributed by atoms with Gasteiger partial charge in [-0.25, -0.2) is 0 Å². The van der Waals surface area contributed by atoms with E-state index < -0.39 is 22.9 Å². The van der Waals surface area contributed by atoms with Crippen molar-refractivity contribution in [2.75, 3.05) is 31.1 Å². The van der Waals surface area contributed by atoms with E-state index in [9.17, 15) is 22.8 Å². The van der Waals surface area contributed by atoms with Crippen molar-refractivity contribution in [3.05, 3.63) is 33.2 Å². The van der Waals surface area contributed by atoms with Gasteiger partial charge in [0, 0.05) is 24.7 Å². The highest BCUT2D eigenvalue weighted by molar-refractivity contribution is 8.18. The Balaban J connectivity index is 1.63. The van der Waals surface area contributed by atoms with Crippen LogP contribution in [0.2, 0.25) is 5.02 Å². The number of alkyl halides is 3. The van der Waals surface area contributed by atoms with E-state index in [1.807, 2.05) is 4.90 Å². The number of piperidine rings is 2. The van der Waals surface area contributed by atoms with Gasteiger partial charge in [0.1, 0.15) is 0 Å². The third-order valence-electron chi connectivity index (χ3n) is 6.04.